The monoisotopic (exact) mass is 222 g/mol. The maximum atomic E-state index is 5.84. The molecule has 2 rings (SSSR count). The lowest BCUT2D eigenvalue weighted by Gasteiger charge is -2.11. The lowest BCUT2D eigenvalue weighted by atomic mass is 10.0. The minimum atomic E-state index is 0.122. The van der Waals surface area contributed by atoms with Crippen LogP contribution in [0, 0.1) is 0 Å². The number of aromatic nitrogens is 1. The van der Waals surface area contributed by atoms with E-state index in [2.05, 4.69) is 11.9 Å². The Morgan fingerprint density at radius 2 is 2.27 bits per heavy atom. The molecule has 3 nitrogen and oxygen atoms in total. The van der Waals surface area contributed by atoms with Crippen LogP contribution >= 0.6 is 11.3 Å². The summed E-state index contributed by atoms with van der Waals surface area (Å²) in [6, 6.07) is 3.90. The Morgan fingerprint density at radius 1 is 1.47 bits per heavy atom. The Morgan fingerprint density at radius 3 is 2.87 bits per heavy atom. The van der Waals surface area contributed by atoms with Crippen molar-refractivity contribution in [2.45, 2.75) is 25.8 Å². The van der Waals surface area contributed by atoms with Crippen LogP contribution < -0.4 is 5.73 Å². The zero-order valence-electron chi connectivity index (χ0n) is 8.81. The first-order chi connectivity index (χ1) is 7.18. The zero-order valence-corrected chi connectivity index (χ0v) is 9.62. The fourth-order valence-corrected chi connectivity index (χ4v) is 2.17. The van der Waals surface area contributed by atoms with Crippen LogP contribution in [-0.4, -0.2) is 11.0 Å². The third kappa shape index (κ3) is 2.11. The molecule has 80 valence electrons. The molecule has 0 amide bonds. The second-order valence-electron chi connectivity index (χ2n) is 3.70. The van der Waals surface area contributed by atoms with E-state index in [0.717, 1.165) is 16.5 Å². The van der Waals surface area contributed by atoms with E-state index in [0.29, 0.717) is 0 Å². The quantitative estimate of drug-likeness (QED) is 0.868. The van der Waals surface area contributed by atoms with Gasteiger partial charge in [-0.25, -0.2) is 4.98 Å². The van der Waals surface area contributed by atoms with Gasteiger partial charge in [0.15, 0.2) is 10.8 Å². The highest BCUT2D eigenvalue weighted by Crippen LogP contribution is 2.27. The van der Waals surface area contributed by atoms with E-state index in [1.54, 1.807) is 17.6 Å². The lowest BCUT2D eigenvalue weighted by Crippen LogP contribution is -2.22. The van der Waals surface area contributed by atoms with Gasteiger partial charge in [0.25, 0.3) is 0 Å². The van der Waals surface area contributed by atoms with E-state index >= 15 is 0 Å². The standard InChI is InChI=1S/C11H14N2OS/c1-7(8(2)12)9-6-15-11(13-9)10-4-3-5-14-10/h3-8H,12H2,1-2H3. The third-order valence-electron chi connectivity index (χ3n) is 2.51. The molecule has 0 saturated carbocycles. The molecule has 2 heterocycles. The third-order valence-corrected chi connectivity index (χ3v) is 3.38. The highest BCUT2D eigenvalue weighted by molar-refractivity contribution is 7.13. The summed E-state index contributed by atoms with van der Waals surface area (Å²) in [5, 5.41) is 2.97. The second-order valence-corrected chi connectivity index (χ2v) is 4.56. The van der Waals surface area contributed by atoms with Gasteiger partial charge < -0.3 is 10.2 Å². The SMILES string of the molecule is CC(N)C(C)c1csc(-c2ccco2)n1. The summed E-state index contributed by atoms with van der Waals surface area (Å²) in [5.74, 6) is 1.10. The van der Waals surface area contributed by atoms with Gasteiger partial charge in [-0.15, -0.1) is 11.3 Å². The molecule has 2 unspecified atom stereocenters. The van der Waals surface area contributed by atoms with Crippen molar-refractivity contribution in [2.75, 3.05) is 0 Å². The zero-order chi connectivity index (χ0) is 10.8. The normalized spacial score (nSPS) is 15.1. The van der Waals surface area contributed by atoms with Crippen LogP contribution in [0.4, 0.5) is 0 Å². The predicted octanol–water partition coefficient (Wildman–Crippen LogP) is 2.85. The van der Waals surface area contributed by atoms with Crippen LogP contribution in [0.25, 0.3) is 10.8 Å². The van der Waals surface area contributed by atoms with Gasteiger partial charge in [-0.3, -0.25) is 0 Å². The van der Waals surface area contributed by atoms with E-state index in [-0.39, 0.29) is 12.0 Å². The number of rotatable bonds is 3. The summed E-state index contributed by atoms with van der Waals surface area (Å²) in [7, 11) is 0. The largest absolute Gasteiger partial charge is 0.462 e. The van der Waals surface area contributed by atoms with Crippen LogP contribution in [-0.2, 0) is 0 Å². The van der Waals surface area contributed by atoms with Gasteiger partial charge in [0.2, 0.25) is 0 Å². The summed E-state index contributed by atoms with van der Waals surface area (Å²) >= 11 is 1.59. The van der Waals surface area contributed by atoms with Gasteiger partial charge in [0, 0.05) is 17.3 Å². The summed E-state index contributed by atoms with van der Waals surface area (Å²) < 4.78 is 5.29. The first-order valence-corrected chi connectivity index (χ1v) is 5.81. The number of hydrogen-bond donors (Lipinski definition) is 1. The summed E-state index contributed by atoms with van der Waals surface area (Å²) in [5.41, 5.74) is 6.88. The van der Waals surface area contributed by atoms with Gasteiger partial charge in [0.05, 0.1) is 12.0 Å². The molecule has 0 aliphatic heterocycles. The van der Waals surface area contributed by atoms with Crippen LogP contribution in [0.15, 0.2) is 28.2 Å². The number of nitrogens with two attached hydrogens (primary N) is 1. The molecule has 2 aromatic rings. The smallest absolute Gasteiger partial charge is 0.162 e. The highest BCUT2D eigenvalue weighted by Gasteiger charge is 2.15. The molecule has 0 radical (unpaired) electrons. The van der Waals surface area contributed by atoms with Crippen LogP contribution in [0.2, 0.25) is 0 Å². The molecule has 0 bridgehead atoms. The molecule has 2 N–H and O–H groups in total. The van der Waals surface area contributed by atoms with Gasteiger partial charge in [-0.2, -0.15) is 0 Å². The molecule has 0 fully saturated rings. The minimum absolute atomic E-state index is 0.122. The first kappa shape index (κ1) is 10.4. The van der Waals surface area contributed by atoms with Crippen molar-refractivity contribution < 1.29 is 4.42 Å². The lowest BCUT2D eigenvalue weighted by molar-refractivity contribution is 0.578. The van der Waals surface area contributed by atoms with Crippen molar-refractivity contribution in [2.24, 2.45) is 5.73 Å². The Bertz CT molecular complexity index is 419. The Balaban J connectivity index is 2.25. The van der Waals surface area contributed by atoms with Crippen LogP contribution in [0.3, 0.4) is 0 Å². The Labute approximate surface area is 92.9 Å². The molecule has 0 aliphatic rings. The summed E-state index contributed by atoms with van der Waals surface area (Å²) in [6.45, 7) is 4.09. The number of furan rings is 1. The molecule has 0 saturated heterocycles. The van der Waals surface area contributed by atoms with Crippen LogP contribution in [0.1, 0.15) is 25.5 Å². The average molecular weight is 222 g/mol. The van der Waals surface area contributed by atoms with Gasteiger partial charge >= 0.3 is 0 Å². The van der Waals surface area contributed by atoms with Gasteiger partial charge in [0.1, 0.15) is 0 Å². The topological polar surface area (TPSA) is 52.0 Å². The van der Waals surface area contributed by atoms with E-state index in [4.69, 9.17) is 10.2 Å². The first-order valence-electron chi connectivity index (χ1n) is 4.93. The van der Waals surface area contributed by atoms with Crippen molar-refractivity contribution in [3.63, 3.8) is 0 Å². The minimum Gasteiger partial charge on any atom is -0.462 e. The Hall–Kier alpha value is -1.13. The number of hydrogen-bond acceptors (Lipinski definition) is 4. The second kappa shape index (κ2) is 4.16. The molecule has 0 aliphatic carbocycles. The van der Waals surface area contributed by atoms with Gasteiger partial charge in [-0.1, -0.05) is 6.92 Å². The van der Waals surface area contributed by atoms with E-state index in [9.17, 15) is 0 Å². The molecule has 15 heavy (non-hydrogen) atoms. The Kier molecular flexibility index (Phi) is 2.88. The van der Waals surface area contributed by atoms with E-state index in [1.807, 2.05) is 24.4 Å². The van der Waals surface area contributed by atoms with Crippen molar-refractivity contribution in [3.05, 3.63) is 29.5 Å². The molecular formula is C11H14N2OS. The molecule has 2 atom stereocenters. The highest BCUT2D eigenvalue weighted by atomic mass is 32.1. The molecule has 0 aromatic carbocycles. The van der Waals surface area contributed by atoms with Crippen molar-refractivity contribution in [3.8, 4) is 10.8 Å². The fraction of sp³-hybridized carbons (Fsp3) is 0.364. The summed E-state index contributed by atoms with van der Waals surface area (Å²) in [4.78, 5) is 4.52. The predicted molar refractivity (Wildman–Crippen MR) is 61.9 cm³/mol. The molecule has 4 heteroatoms. The maximum absolute atomic E-state index is 5.84. The number of thiazole rings is 1. The van der Waals surface area contributed by atoms with E-state index < -0.39 is 0 Å². The summed E-state index contributed by atoms with van der Waals surface area (Å²) in [6.07, 6.45) is 1.66. The fourth-order valence-electron chi connectivity index (χ4n) is 1.28. The van der Waals surface area contributed by atoms with Crippen molar-refractivity contribution in [1.82, 2.24) is 4.98 Å². The number of nitrogens with zero attached hydrogens (tertiary/aromatic N) is 1. The maximum Gasteiger partial charge on any atom is 0.162 e. The molecule has 0 spiro atoms. The van der Waals surface area contributed by atoms with Crippen molar-refractivity contribution in [1.29, 1.82) is 0 Å². The molecular weight excluding hydrogens is 208 g/mol. The van der Waals surface area contributed by atoms with E-state index in [1.165, 1.54) is 0 Å². The van der Waals surface area contributed by atoms with Crippen molar-refractivity contribution >= 4 is 11.3 Å². The molecule has 2 aromatic heterocycles. The van der Waals surface area contributed by atoms with Crippen LogP contribution in [0.5, 0.6) is 0 Å². The van der Waals surface area contributed by atoms with Gasteiger partial charge in [-0.05, 0) is 19.1 Å². The average Bonchev–Trinajstić information content (AvgIpc) is 2.86.